The van der Waals surface area contributed by atoms with Crippen LogP contribution in [0.3, 0.4) is 0 Å². The second kappa shape index (κ2) is 3.45. The molecule has 12 heavy (non-hydrogen) atoms. The zero-order valence-electron chi connectivity index (χ0n) is 7.50. The molecule has 1 saturated heterocycles. The first-order chi connectivity index (χ1) is 5.92. The minimum Gasteiger partial charge on any atom is -0.287 e. The van der Waals surface area contributed by atoms with Crippen LogP contribution in [0.25, 0.3) is 0 Å². The summed E-state index contributed by atoms with van der Waals surface area (Å²) >= 11 is 0. The summed E-state index contributed by atoms with van der Waals surface area (Å²) in [6, 6.07) is 3.04. The molecule has 2 atom stereocenters. The average Bonchev–Trinajstić information content (AvgIpc) is 2.53. The first-order valence-corrected chi connectivity index (χ1v) is 5.03. The second-order valence-corrected chi connectivity index (χ2v) is 4.03. The van der Waals surface area contributed by atoms with Gasteiger partial charge in [-0.15, -0.1) is 0 Å². The van der Waals surface area contributed by atoms with E-state index in [0.29, 0.717) is 6.54 Å². The molecule has 2 rings (SSSR count). The smallest absolute Gasteiger partial charge is 0.0868 e. The Morgan fingerprint density at radius 3 is 2.92 bits per heavy atom. The lowest BCUT2D eigenvalue weighted by atomic mass is 9.92. The number of hydrogen-bond acceptors (Lipinski definition) is 2. The van der Waals surface area contributed by atoms with E-state index in [1.807, 2.05) is 0 Å². The summed E-state index contributed by atoms with van der Waals surface area (Å²) < 4.78 is 0. The normalized spacial score (nSPS) is 35.9. The van der Waals surface area contributed by atoms with Crippen molar-refractivity contribution < 1.29 is 0 Å². The SMILES string of the molecule is N#CCN1CCCC2CCCC21. The van der Waals surface area contributed by atoms with Crippen molar-refractivity contribution in [2.75, 3.05) is 13.1 Å². The highest BCUT2D eigenvalue weighted by Gasteiger charge is 2.34. The molecule has 2 unspecified atom stereocenters. The summed E-state index contributed by atoms with van der Waals surface area (Å²) in [7, 11) is 0. The predicted molar refractivity (Wildman–Crippen MR) is 47.5 cm³/mol. The van der Waals surface area contributed by atoms with Crippen LogP contribution in [0.2, 0.25) is 0 Å². The van der Waals surface area contributed by atoms with E-state index >= 15 is 0 Å². The standard InChI is InChI=1S/C10H16N2/c11-6-8-12-7-2-4-9-3-1-5-10(9)12/h9-10H,1-5,7-8H2. The molecular formula is C10H16N2. The molecule has 1 aliphatic heterocycles. The minimum atomic E-state index is 0.654. The minimum absolute atomic E-state index is 0.654. The molecule has 66 valence electrons. The molecule has 0 spiro atoms. The molecule has 0 aromatic carbocycles. The maximum absolute atomic E-state index is 8.65. The molecule has 0 aromatic heterocycles. The van der Waals surface area contributed by atoms with Crippen LogP contribution in [0.4, 0.5) is 0 Å². The fourth-order valence-electron chi connectivity index (χ4n) is 2.84. The van der Waals surface area contributed by atoms with E-state index in [9.17, 15) is 0 Å². The van der Waals surface area contributed by atoms with Crippen LogP contribution >= 0.6 is 0 Å². The number of fused-ring (bicyclic) bond motifs is 1. The van der Waals surface area contributed by atoms with Crippen molar-refractivity contribution in [2.24, 2.45) is 5.92 Å². The van der Waals surface area contributed by atoms with Crippen LogP contribution in [-0.2, 0) is 0 Å². The van der Waals surface area contributed by atoms with Gasteiger partial charge in [0, 0.05) is 6.04 Å². The van der Waals surface area contributed by atoms with Crippen LogP contribution < -0.4 is 0 Å². The zero-order valence-corrected chi connectivity index (χ0v) is 7.50. The highest BCUT2D eigenvalue weighted by molar-refractivity contribution is 4.92. The van der Waals surface area contributed by atoms with Crippen LogP contribution in [0.5, 0.6) is 0 Å². The third-order valence-corrected chi connectivity index (χ3v) is 3.38. The molecule has 2 fully saturated rings. The van der Waals surface area contributed by atoms with Gasteiger partial charge in [-0.1, -0.05) is 6.42 Å². The number of likely N-dealkylation sites (tertiary alicyclic amines) is 1. The highest BCUT2D eigenvalue weighted by Crippen LogP contribution is 2.36. The molecule has 2 heteroatoms. The Balaban J connectivity index is 1.99. The van der Waals surface area contributed by atoms with E-state index in [1.54, 1.807) is 0 Å². The van der Waals surface area contributed by atoms with Gasteiger partial charge in [0.15, 0.2) is 0 Å². The summed E-state index contributed by atoms with van der Waals surface area (Å²) in [6.45, 7) is 1.82. The third-order valence-electron chi connectivity index (χ3n) is 3.38. The van der Waals surface area contributed by atoms with Crippen LogP contribution in [0.1, 0.15) is 32.1 Å². The maximum atomic E-state index is 8.65. The molecule has 0 radical (unpaired) electrons. The molecule has 0 amide bonds. The molecule has 2 nitrogen and oxygen atoms in total. The van der Waals surface area contributed by atoms with E-state index in [4.69, 9.17) is 5.26 Å². The molecule has 1 saturated carbocycles. The summed E-state index contributed by atoms with van der Waals surface area (Å²) in [5.41, 5.74) is 0. The number of hydrogen-bond donors (Lipinski definition) is 0. The summed E-state index contributed by atoms with van der Waals surface area (Å²) in [5.74, 6) is 0.923. The van der Waals surface area contributed by atoms with E-state index in [-0.39, 0.29) is 0 Å². The fraction of sp³-hybridized carbons (Fsp3) is 0.900. The van der Waals surface area contributed by atoms with Crippen molar-refractivity contribution in [1.82, 2.24) is 4.90 Å². The van der Waals surface area contributed by atoms with Crippen molar-refractivity contribution in [3.8, 4) is 6.07 Å². The van der Waals surface area contributed by atoms with Gasteiger partial charge in [-0.05, 0) is 38.1 Å². The molecular weight excluding hydrogens is 148 g/mol. The summed E-state index contributed by atoms with van der Waals surface area (Å²) in [5, 5.41) is 8.65. The molecule has 1 aliphatic carbocycles. The first kappa shape index (κ1) is 8.07. The Labute approximate surface area is 74.2 Å². The first-order valence-electron chi connectivity index (χ1n) is 5.03. The maximum Gasteiger partial charge on any atom is 0.0868 e. The Bertz CT molecular complexity index is 195. The highest BCUT2D eigenvalue weighted by atomic mass is 15.2. The van der Waals surface area contributed by atoms with Gasteiger partial charge in [0.1, 0.15) is 0 Å². The molecule has 0 bridgehead atoms. The van der Waals surface area contributed by atoms with Gasteiger partial charge in [-0.2, -0.15) is 5.26 Å². The summed E-state index contributed by atoms with van der Waals surface area (Å²) in [6.07, 6.45) is 6.85. The Morgan fingerprint density at radius 2 is 2.08 bits per heavy atom. The van der Waals surface area contributed by atoms with Gasteiger partial charge in [0.2, 0.25) is 0 Å². The lowest BCUT2D eigenvalue weighted by Crippen LogP contribution is -2.42. The van der Waals surface area contributed by atoms with Crippen molar-refractivity contribution in [3.05, 3.63) is 0 Å². The molecule has 1 heterocycles. The Kier molecular flexibility index (Phi) is 2.32. The summed E-state index contributed by atoms with van der Waals surface area (Å²) in [4.78, 5) is 2.39. The molecule has 2 aliphatic rings. The van der Waals surface area contributed by atoms with Crippen molar-refractivity contribution in [2.45, 2.75) is 38.1 Å². The fourth-order valence-corrected chi connectivity index (χ4v) is 2.84. The van der Waals surface area contributed by atoms with E-state index in [0.717, 1.165) is 18.5 Å². The number of piperidine rings is 1. The largest absolute Gasteiger partial charge is 0.287 e. The molecule has 0 N–H and O–H groups in total. The topological polar surface area (TPSA) is 27.0 Å². The number of nitriles is 1. The average molecular weight is 164 g/mol. The second-order valence-electron chi connectivity index (χ2n) is 4.03. The van der Waals surface area contributed by atoms with Gasteiger partial charge >= 0.3 is 0 Å². The van der Waals surface area contributed by atoms with Gasteiger partial charge in [-0.3, -0.25) is 4.90 Å². The number of nitrogens with zero attached hydrogens (tertiary/aromatic N) is 2. The quantitative estimate of drug-likeness (QED) is 0.552. The predicted octanol–water partition coefficient (Wildman–Crippen LogP) is 1.77. The van der Waals surface area contributed by atoms with Crippen molar-refractivity contribution in [1.29, 1.82) is 5.26 Å². The Morgan fingerprint density at radius 1 is 1.25 bits per heavy atom. The van der Waals surface area contributed by atoms with E-state index < -0.39 is 0 Å². The lowest BCUT2D eigenvalue weighted by molar-refractivity contribution is 0.129. The monoisotopic (exact) mass is 164 g/mol. The Hall–Kier alpha value is -0.550. The van der Waals surface area contributed by atoms with Crippen molar-refractivity contribution in [3.63, 3.8) is 0 Å². The van der Waals surface area contributed by atoms with E-state index in [1.165, 1.54) is 32.1 Å². The van der Waals surface area contributed by atoms with Gasteiger partial charge in [0.25, 0.3) is 0 Å². The van der Waals surface area contributed by atoms with Gasteiger partial charge < -0.3 is 0 Å². The van der Waals surface area contributed by atoms with Gasteiger partial charge in [0.05, 0.1) is 12.6 Å². The van der Waals surface area contributed by atoms with Gasteiger partial charge in [-0.25, -0.2) is 0 Å². The van der Waals surface area contributed by atoms with E-state index in [2.05, 4.69) is 11.0 Å². The molecule has 0 aromatic rings. The zero-order chi connectivity index (χ0) is 8.39. The number of rotatable bonds is 1. The van der Waals surface area contributed by atoms with Crippen molar-refractivity contribution >= 4 is 0 Å². The van der Waals surface area contributed by atoms with Crippen LogP contribution in [0, 0.1) is 17.2 Å². The third kappa shape index (κ3) is 1.34. The van der Waals surface area contributed by atoms with Crippen LogP contribution in [-0.4, -0.2) is 24.0 Å². The lowest BCUT2D eigenvalue weighted by Gasteiger charge is -2.35. The van der Waals surface area contributed by atoms with Crippen LogP contribution in [0.15, 0.2) is 0 Å².